The van der Waals surface area contributed by atoms with E-state index in [2.05, 4.69) is 4.90 Å². The molecule has 0 N–H and O–H groups in total. The second-order valence-electron chi connectivity index (χ2n) is 6.25. The van der Waals surface area contributed by atoms with E-state index in [1.165, 1.54) is 12.1 Å². The van der Waals surface area contributed by atoms with E-state index in [-0.39, 0.29) is 23.6 Å². The fourth-order valence-electron chi connectivity index (χ4n) is 3.36. The van der Waals surface area contributed by atoms with Gasteiger partial charge in [-0.2, -0.15) is 0 Å². The Morgan fingerprint density at radius 2 is 1.83 bits per heavy atom. The van der Waals surface area contributed by atoms with Crippen LogP contribution in [0.4, 0.5) is 10.1 Å². The number of piperazine rings is 1. The molecule has 120 valence electrons. The van der Waals surface area contributed by atoms with Gasteiger partial charge in [-0.05, 0) is 42.8 Å². The van der Waals surface area contributed by atoms with Gasteiger partial charge in [-0.15, -0.1) is 0 Å². The van der Waals surface area contributed by atoms with E-state index in [0.717, 1.165) is 44.0 Å². The lowest BCUT2D eigenvalue weighted by Crippen LogP contribution is -2.49. The molecule has 1 aromatic heterocycles. The maximum atomic E-state index is 13.0. The zero-order valence-electron chi connectivity index (χ0n) is 12.8. The van der Waals surface area contributed by atoms with Crippen LogP contribution in [0.3, 0.4) is 0 Å². The summed E-state index contributed by atoms with van der Waals surface area (Å²) in [4.78, 5) is 16.7. The van der Waals surface area contributed by atoms with Gasteiger partial charge in [0.2, 0.25) is 5.91 Å². The summed E-state index contributed by atoms with van der Waals surface area (Å²) in [5.41, 5.74) is 1.01. The van der Waals surface area contributed by atoms with Crippen molar-refractivity contribution < 1.29 is 13.6 Å². The number of halogens is 1. The van der Waals surface area contributed by atoms with Gasteiger partial charge in [0, 0.05) is 43.7 Å². The van der Waals surface area contributed by atoms with E-state index < -0.39 is 0 Å². The smallest absolute Gasteiger partial charge is 0.226 e. The lowest BCUT2D eigenvalue weighted by Gasteiger charge is -2.36. The Morgan fingerprint density at radius 1 is 1.09 bits per heavy atom. The van der Waals surface area contributed by atoms with Crippen molar-refractivity contribution in [2.75, 3.05) is 31.1 Å². The molecular formula is C18H19FN2O2. The average molecular weight is 314 g/mol. The highest BCUT2D eigenvalue weighted by Crippen LogP contribution is 2.48. The number of benzene rings is 1. The van der Waals surface area contributed by atoms with Crippen molar-refractivity contribution in [2.24, 2.45) is 5.92 Å². The number of anilines is 1. The first kappa shape index (κ1) is 14.3. The Labute approximate surface area is 134 Å². The van der Waals surface area contributed by atoms with Gasteiger partial charge in [0.15, 0.2) is 0 Å². The Balaban J connectivity index is 1.33. The van der Waals surface area contributed by atoms with Crippen molar-refractivity contribution >= 4 is 11.6 Å². The van der Waals surface area contributed by atoms with Crippen molar-refractivity contribution in [3.8, 4) is 0 Å². The van der Waals surface area contributed by atoms with Crippen LogP contribution in [0.25, 0.3) is 0 Å². The van der Waals surface area contributed by atoms with Crippen molar-refractivity contribution in [3.63, 3.8) is 0 Å². The number of hydrogen-bond acceptors (Lipinski definition) is 3. The Kier molecular flexibility index (Phi) is 3.56. The fourth-order valence-corrected chi connectivity index (χ4v) is 3.36. The lowest BCUT2D eigenvalue weighted by atomic mass is 10.2. The number of carbonyl (C=O) groups excluding carboxylic acids is 1. The topological polar surface area (TPSA) is 36.7 Å². The Morgan fingerprint density at radius 3 is 2.48 bits per heavy atom. The third-order valence-corrected chi connectivity index (χ3v) is 4.80. The predicted molar refractivity (Wildman–Crippen MR) is 84.7 cm³/mol. The first-order valence-corrected chi connectivity index (χ1v) is 8.05. The predicted octanol–water partition coefficient (Wildman–Crippen LogP) is 2.87. The van der Waals surface area contributed by atoms with Crippen LogP contribution in [0.2, 0.25) is 0 Å². The zero-order chi connectivity index (χ0) is 15.8. The zero-order valence-corrected chi connectivity index (χ0v) is 12.8. The SMILES string of the molecule is O=C([C@@H]1C[C@@H]1c1ccco1)N1CCN(c2ccc(F)cc2)CC1. The molecule has 2 heterocycles. The highest BCUT2D eigenvalue weighted by Gasteiger charge is 2.47. The molecule has 2 atom stereocenters. The van der Waals surface area contributed by atoms with Crippen molar-refractivity contribution in [1.82, 2.24) is 4.90 Å². The number of amides is 1. The first-order chi connectivity index (χ1) is 11.2. The normalized spacial score (nSPS) is 23.9. The second kappa shape index (κ2) is 5.72. The van der Waals surface area contributed by atoms with Crippen LogP contribution >= 0.6 is 0 Å². The molecule has 2 aromatic rings. The molecule has 0 bridgehead atoms. The third-order valence-electron chi connectivity index (χ3n) is 4.80. The quantitative estimate of drug-likeness (QED) is 0.874. The van der Waals surface area contributed by atoms with Gasteiger partial charge in [-0.25, -0.2) is 4.39 Å². The molecule has 5 heteroatoms. The number of hydrogen-bond donors (Lipinski definition) is 0. The summed E-state index contributed by atoms with van der Waals surface area (Å²) in [5.74, 6) is 1.28. The summed E-state index contributed by atoms with van der Waals surface area (Å²) in [6, 6.07) is 10.4. The minimum absolute atomic E-state index is 0.0820. The Hall–Kier alpha value is -2.30. The maximum Gasteiger partial charge on any atom is 0.226 e. The van der Waals surface area contributed by atoms with Crippen LogP contribution in [0.5, 0.6) is 0 Å². The molecule has 1 saturated carbocycles. The summed E-state index contributed by atoms with van der Waals surface area (Å²) in [6.45, 7) is 3.01. The van der Waals surface area contributed by atoms with Crippen LogP contribution in [0.1, 0.15) is 18.1 Å². The van der Waals surface area contributed by atoms with Crippen LogP contribution in [-0.4, -0.2) is 37.0 Å². The molecule has 23 heavy (non-hydrogen) atoms. The highest BCUT2D eigenvalue weighted by atomic mass is 19.1. The van der Waals surface area contributed by atoms with E-state index in [4.69, 9.17) is 4.42 Å². The van der Waals surface area contributed by atoms with Gasteiger partial charge < -0.3 is 14.2 Å². The minimum Gasteiger partial charge on any atom is -0.469 e. The standard InChI is InChI=1S/C18H19FN2O2/c19-13-3-5-14(6-4-13)20-7-9-21(10-8-20)18(22)16-12-15(16)17-2-1-11-23-17/h1-6,11,15-16H,7-10,12H2/t15-,16+/m0/s1. The molecule has 0 radical (unpaired) electrons. The van der Waals surface area contributed by atoms with Crippen LogP contribution in [0.15, 0.2) is 47.1 Å². The molecule has 0 spiro atoms. The minimum atomic E-state index is -0.222. The maximum absolute atomic E-state index is 13.0. The van der Waals surface area contributed by atoms with E-state index >= 15 is 0 Å². The summed E-state index contributed by atoms with van der Waals surface area (Å²) in [6.07, 6.45) is 2.56. The molecule has 1 amide bonds. The van der Waals surface area contributed by atoms with Crippen molar-refractivity contribution in [2.45, 2.75) is 12.3 Å². The summed E-state index contributed by atoms with van der Waals surface area (Å²) >= 11 is 0. The van der Waals surface area contributed by atoms with Gasteiger partial charge in [0.1, 0.15) is 11.6 Å². The number of furan rings is 1. The molecule has 4 nitrogen and oxygen atoms in total. The van der Waals surface area contributed by atoms with E-state index in [1.54, 1.807) is 18.4 Å². The van der Waals surface area contributed by atoms with Crippen LogP contribution in [0, 0.1) is 11.7 Å². The Bertz CT molecular complexity index is 676. The molecule has 4 rings (SSSR count). The van der Waals surface area contributed by atoms with Gasteiger partial charge >= 0.3 is 0 Å². The third kappa shape index (κ3) is 2.83. The molecule has 1 saturated heterocycles. The van der Waals surface area contributed by atoms with Crippen molar-refractivity contribution in [3.05, 3.63) is 54.2 Å². The van der Waals surface area contributed by atoms with Crippen molar-refractivity contribution in [1.29, 1.82) is 0 Å². The van der Waals surface area contributed by atoms with Crippen LogP contribution in [-0.2, 0) is 4.79 Å². The largest absolute Gasteiger partial charge is 0.469 e. The number of rotatable bonds is 3. The molecule has 1 aliphatic heterocycles. The van der Waals surface area contributed by atoms with Gasteiger partial charge in [0.25, 0.3) is 0 Å². The summed E-state index contributed by atoms with van der Waals surface area (Å²) in [5, 5.41) is 0. The van der Waals surface area contributed by atoms with Gasteiger partial charge in [0.05, 0.1) is 6.26 Å². The number of nitrogens with zero attached hydrogens (tertiary/aromatic N) is 2. The summed E-state index contributed by atoms with van der Waals surface area (Å²) in [7, 11) is 0. The molecule has 2 fully saturated rings. The first-order valence-electron chi connectivity index (χ1n) is 8.05. The molecule has 0 unspecified atom stereocenters. The van der Waals surface area contributed by atoms with E-state index in [1.807, 2.05) is 17.0 Å². The molecule has 1 aliphatic carbocycles. The summed E-state index contributed by atoms with van der Waals surface area (Å²) < 4.78 is 18.4. The monoisotopic (exact) mass is 314 g/mol. The number of carbonyl (C=O) groups is 1. The molecule has 1 aromatic carbocycles. The van der Waals surface area contributed by atoms with Gasteiger partial charge in [-0.3, -0.25) is 4.79 Å². The van der Waals surface area contributed by atoms with Crippen LogP contribution < -0.4 is 4.90 Å². The fraction of sp³-hybridized carbons (Fsp3) is 0.389. The van der Waals surface area contributed by atoms with E-state index in [9.17, 15) is 9.18 Å². The average Bonchev–Trinajstić information content (AvgIpc) is 3.20. The van der Waals surface area contributed by atoms with E-state index in [0.29, 0.717) is 0 Å². The molecule has 2 aliphatic rings. The highest BCUT2D eigenvalue weighted by molar-refractivity contribution is 5.83. The van der Waals surface area contributed by atoms with Gasteiger partial charge in [-0.1, -0.05) is 0 Å². The lowest BCUT2D eigenvalue weighted by molar-refractivity contribution is -0.133. The molecular weight excluding hydrogens is 295 g/mol. The second-order valence-corrected chi connectivity index (χ2v) is 6.25.